The predicted octanol–water partition coefficient (Wildman–Crippen LogP) is 2.07. The zero-order valence-corrected chi connectivity index (χ0v) is 8.90. The third-order valence-electron chi connectivity index (χ3n) is 2.34. The minimum Gasteiger partial charge on any atom is -0.478 e. The number of carbonyl (C=O) groups is 1. The second-order valence-corrected chi connectivity index (χ2v) is 3.57. The highest BCUT2D eigenvalue weighted by atomic mass is 19.1. The van der Waals surface area contributed by atoms with Gasteiger partial charge in [0.25, 0.3) is 0 Å². The maximum Gasteiger partial charge on any atom is 0.335 e. The van der Waals surface area contributed by atoms with Crippen molar-refractivity contribution < 1.29 is 18.8 Å². The standard InChI is InChI=1S/C11H9FN2O3/c1-5-2-8(12)7(3-6(5)11(15)16)9-4-10(13)14-17-9/h2-4H,1H3,(H2,13,14)(H,15,16). The minimum atomic E-state index is -1.13. The SMILES string of the molecule is Cc1cc(F)c(-c2cc(N)no2)cc1C(=O)O. The minimum absolute atomic E-state index is 0.0105. The monoisotopic (exact) mass is 236 g/mol. The summed E-state index contributed by atoms with van der Waals surface area (Å²) in [4.78, 5) is 10.9. The third-order valence-corrected chi connectivity index (χ3v) is 2.34. The van der Waals surface area contributed by atoms with E-state index in [0.717, 1.165) is 6.07 Å². The third kappa shape index (κ3) is 1.96. The summed E-state index contributed by atoms with van der Waals surface area (Å²) in [6.45, 7) is 1.52. The number of aromatic carboxylic acids is 1. The zero-order chi connectivity index (χ0) is 12.6. The lowest BCUT2D eigenvalue weighted by Gasteiger charge is -2.04. The number of rotatable bonds is 2. The maximum absolute atomic E-state index is 13.7. The highest BCUT2D eigenvalue weighted by molar-refractivity contribution is 5.91. The summed E-state index contributed by atoms with van der Waals surface area (Å²) < 4.78 is 18.5. The number of carboxylic acid groups (broad SMARTS) is 1. The van der Waals surface area contributed by atoms with Crippen LogP contribution in [0.3, 0.4) is 0 Å². The van der Waals surface area contributed by atoms with E-state index >= 15 is 0 Å². The Morgan fingerprint density at radius 1 is 1.47 bits per heavy atom. The Labute approximate surface area is 95.6 Å². The van der Waals surface area contributed by atoms with Crippen molar-refractivity contribution in [3.63, 3.8) is 0 Å². The van der Waals surface area contributed by atoms with Gasteiger partial charge < -0.3 is 15.4 Å². The number of aryl methyl sites for hydroxylation is 1. The van der Waals surface area contributed by atoms with Crippen LogP contribution in [0.1, 0.15) is 15.9 Å². The van der Waals surface area contributed by atoms with Gasteiger partial charge in [0, 0.05) is 6.07 Å². The Hall–Kier alpha value is -2.37. The predicted molar refractivity (Wildman–Crippen MR) is 58.0 cm³/mol. The molecule has 0 aliphatic carbocycles. The molecule has 1 heterocycles. The summed E-state index contributed by atoms with van der Waals surface area (Å²) in [5.41, 5.74) is 5.72. The van der Waals surface area contributed by atoms with E-state index in [1.165, 1.54) is 19.1 Å². The van der Waals surface area contributed by atoms with Crippen molar-refractivity contribution in [3.05, 3.63) is 35.1 Å². The number of nitrogens with two attached hydrogens (primary N) is 1. The summed E-state index contributed by atoms with van der Waals surface area (Å²) in [7, 11) is 0. The first-order valence-electron chi connectivity index (χ1n) is 4.75. The Kier molecular flexibility index (Phi) is 2.55. The van der Waals surface area contributed by atoms with Gasteiger partial charge in [-0.1, -0.05) is 5.16 Å². The molecule has 2 rings (SSSR count). The van der Waals surface area contributed by atoms with Crippen molar-refractivity contribution in [1.82, 2.24) is 5.16 Å². The van der Waals surface area contributed by atoms with Crippen molar-refractivity contribution in [2.24, 2.45) is 0 Å². The smallest absolute Gasteiger partial charge is 0.335 e. The number of nitrogens with zero attached hydrogens (tertiary/aromatic N) is 1. The number of carboxylic acids is 1. The molecule has 2 aromatic rings. The first-order valence-corrected chi connectivity index (χ1v) is 4.75. The Bertz CT molecular complexity index is 592. The second-order valence-electron chi connectivity index (χ2n) is 3.57. The fraction of sp³-hybridized carbons (Fsp3) is 0.0909. The van der Waals surface area contributed by atoms with Gasteiger partial charge in [-0.2, -0.15) is 0 Å². The Morgan fingerprint density at radius 2 is 2.18 bits per heavy atom. The summed E-state index contributed by atoms with van der Waals surface area (Å²) in [5.74, 6) is -1.50. The van der Waals surface area contributed by atoms with Gasteiger partial charge in [0.1, 0.15) is 5.82 Å². The molecule has 1 aromatic carbocycles. The van der Waals surface area contributed by atoms with Gasteiger partial charge in [-0.05, 0) is 24.6 Å². The number of nitrogen functional groups attached to an aromatic ring is 1. The average molecular weight is 236 g/mol. The molecule has 0 amide bonds. The van der Waals surface area contributed by atoms with Crippen LogP contribution in [0, 0.1) is 12.7 Å². The molecule has 5 nitrogen and oxygen atoms in total. The average Bonchev–Trinajstić information content (AvgIpc) is 2.64. The van der Waals surface area contributed by atoms with E-state index in [0.29, 0.717) is 5.56 Å². The first-order chi connectivity index (χ1) is 7.99. The molecule has 3 N–H and O–H groups in total. The Morgan fingerprint density at radius 3 is 2.71 bits per heavy atom. The molecule has 0 unspecified atom stereocenters. The molecule has 88 valence electrons. The van der Waals surface area contributed by atoms with Crippen LogP contribution in [0.25, 0.3) is 11.3 Å². The van der Waals surface area contributed by atoms with Crippen molar-refractivity contribution in [2.45, 2.75) is 6.92 Å². The zero-order valence-electron chi connectivity index (χ0n) is 8.90. The van der Waals surface area contributed by atoms with Gasteiger partial charge in [-0.3, -0.25) is 0 Å². The molecule has 0 fully saturated rings. The van der Waals surface area contributed by atoms with Crippen LogP contribution in [-0.4, -0.2) is 16.2 Å². The van der Waals surface area contributed by atoms with E-state index in [9.17, 15) is 9.18 Å². The number of aromatic nitrogens is 1. The second kappa shape index (κ2) is 3.89. The molecule has 6 heteroatoms. The molecular formula is C11H9FN2O3. The van der Waals surface area contributed by atoms with Crippen molar-refractivity contribution in [1.29, 1.82) is 0 Å². The van der Waals surface area contributed by atoms with Crippen LogP contribution in [0.4, 0.5) is 10.2 Å². The fourth-order valence-corrected chi connectivity index (χ4v) is 1.51. The number of halogens is 1. The van der Waals surface area contributed by atoms with Crippen LogP contribution in [-0.2, 0) is 0 Å². The van der Waals surface area contributed by atoms with Crippen molar-refractivity contribution >= 4 is 11.8 Å². The molecule has 0 spiro atoms. The van der Waals surface area contributed by atoms with Crippen LogP contribution >= 0.6 is 0 Å². The van der Waals surface area contributed by atoms with E-state index in [-0.39, 0.29) is 22.7 Å². The number of hydrogen-bond donors (Lipinski definition) is 2. The molecule has 0 aliphatic heterocycles. The van der Waals surface area contributed by atoms with E-state index in [2.05, 4.69) is 5.16 Å². The van der Waals surface area contributed by atoms with E-state index in [4.69, 9.17) is 15.4 Å². The molecule has 0 atom stereocenters. The van der Waals surface area contributed by atoms with Crippen LogP contribution in [0.5, 0.6) is 0 Å². The van der Waals surface area contributed by atoms with E-state index in [1.54, 1.807) is 0 Å². The lowest BCUT2D eigenvalue weighted by atomic mass is 10.0. The summed E-state index contributed by atoms with van der Waals surface area (Å²) in [6, 6.07) is 3.67. The van der Waals surface area contributed by atoms with Gasteiger partial charge in [0.05, 0.1) is 11.1 Å². The highest BCUT2D eigenvalue weighted by Gasteiger charge is 2.16. The Balaban J connectivity index is 2.62. The molecular weight excluding hydrogens is 227 g/mol. The lowest BCUT2D eigenvalue weighted by Crippen LogP contribution is -2.01. The molecule has 0 radical (unpaired) electrons. The molecule has 0 aliphatic rings. The van der Waals surface area contributed by atoms with Gasteiger partial charge >= 0.3 is 5.97 Å². The normalized spacial score (nSPS) is 10.5. The lowest BCUT2D eigenvalue weighted by molar-refractivity contribution is 0.0696. The molecule has 17 heavy (non-hydrogen) atoms. The topological polar surface area (TPSA) is 89.4 Å². The van der Waals surface area contributed by atoms with E-state index < -0.39 is 11.8 Å². The highest BCUT2D eigenvalue weighted by Crippen LogP contribution is 2.27. The quantitative estimate of drug-likeness (QED) is 0.833. The van der Waals surface area contributed by atoms with E-state index in [1.807, 2.05) is 0 Å². The number of benzene rings is 1. The van der Waals surface area contributed by atoms with Gasteiger partial charge in [-0.15, -0.1) is 0 Å². The number of anilines is 1. The largest absolute Gasteiger partial charge is 0.478 e. The van der Waals surface area contributed by atoms with Crippen LogP contribution in [0.2, 0.25) is 0 Å². The molecule has 0 bridgehead atoms. The van der Waals surface area contributed by atoms with Gasteiger partial charge in [0.15, 0.2) is 11.6 Å². The van der Waals surface area contributed by atoms with Crippen LogP contribution < -0.4 is 5.73 Å². The summed E-state index contributed by atoms with van der Waals surface area (Å²) in [5, 5.41) is 12.4. The summed E-state index contributed by atoms with van der Waals surface area (Å²) >= 11 is 0. The van der Waals surface area contributed by atoms with Gasteiger partial charge in [0.2, 0.25) is 0 Å². The summed E-state index contributed by atoms with van der Waals surface area (Å²) in [6.07, 6.45) is 0. The van der Waals surface area contributed by atoms with Gasteiger partial charge in [-0.25, -0.2) is 9.18 Å². The number of hydrogen-bond acceptors (Lipinski definition) is 4. The molecule has 0 saturated carbocycles. The first kappa shape index (κ1) is 11.1. The van der Waals surface area contributed by atoms with Crippen molar-refractivity contribution in [2.75, 3.05) is 5.73 Å². The van der Waals surface area contributed by atoms with Crippen LogP contribution in [0.15, 0.2) is 22.7 Å². The van der Waals surface area contributed by atoms with Crippen molar-refractivity contribution in [3.8, 4) is 11.3 Å². The maximum atomic E-state index is 13.7. The fourth-order valence-electron chi connectivity index (χ4n) is 1.51. The molecule has 1 aromatic heterocycles. The molecule has 0 saturated heterocycles.